The molecule has 0 aromatic rings. The maximum Gasteiger partial charge on any atom is 0.0453 e. The van der Waals surface area contributed by atoms with Gasteiger partial charge in [0.25, 0.3) is 0 Å². The molecule has 0 unspecified atom stereocenters. The molecule has 0 radical (unpaired) electrons. The maximum absolute atomic E-state index is 8.14. The van der Waals surface area contributed by atoms with Crippen molar-refractivity contribution in [1.29, 1.82) is 0 Å². The molecule has 0 atom stereocenters. The van der Waals surface area contributed by atoms with Crippen molar-refractivity contribution in [1.82, 2.24) is 0 Å². The highest BCUT2D eigenvalue weighted by molar-refractivity contribution is 4.64. The zero-order valence-electron chi connectivity index (χ0n) is 14.9. The second-order valence-corrected chi connectivity index (χ2v) is 7.84. The summed E-state index contributed by atoms with van der Waals surface area (Å²) in [5.41, 5.74) is 1.09. The van der Waals surface area contributed by atoms with Crippen LogP contribution in [0.3, 0.4) is 0 Å². The molecule has 0 aliphatic carbocycles. The van der Waals surface area contributed by atoms with E-state index in [1.807, 2.05) is 13.8 Å². The van der Waals surface area contributed by atoms with E-state index in [-0.39, 0.29) is 0 Å². The van der Waals surface area contributed by atoms with E-state index in [2.05, 4.69) is 55.4 Å². The molecule has 0 bridgehead atoms. The predicted octanol–water partition coefficient (Wildman–Crippen LogP) is 5.91. The number of hydrogen-bond donors (Lipinski definition) is 1. The first-order valence-corrected chi connectivity index (χ1v) is 7.50. The number of aliphatic hydroxyl groups excluding tert-OH is 1. The predicted molar refractivity (Wildman–Crippen MR) is 86.0 cm³/mol. The molecule has 0 fully saturated rings. The Bertz CT molecular complexity index is 145. The summed E-state index contributed by atoms with van der Waals surface area (Å²) in [6.45, 7) is 22.2. The molecule has 0 spiro atoms. The van der Waals surface area contributed by atoms with Gasteiger partial charge in [-0.15, -0.1) is 0 Å². The van der Waals surface area contributed by atoms with Crippen LogP contribution in [0.2, 0.25) is 0 Å². The van der Waals surface area contributed by atoms with Gasteiger partial charge >= 0.3 is 0 Å². The summed E-state index contributed by atoms with van der Waals surface area (Å²) < 4.78 is 0. The highest BCUT2D eigenvalue weighted by Gasteiger charge is 2.11. The standard InChI is InChI=1S/C8H18.C5H12.C4H10O/c1-5-7-8(3,4)6-2;1-5(2,3)4;1-4(2)3-5/h5-7H2,1-4H3;1-4H3;4-5H,3H2,1-2H3. The lowest BCUT2D eigenvalue weighted by Crippen LogP contribution is -2.07. The molecule has 1 N–H and O–H groups in total. The first kappa shape index (κ1) is 23.1. The van der Waals surface area contributed by atoms with Gasteiger partial charge in [0.2, 0.25) is 0 Å². The largest absolute Gasteiger partial charge is 0.396 e. The Morgan fingerprint density at radius 3 is 1.22 bits per heavy atom. The fourth-order valence-electron chi connectivity index (χ4n) is 0.854. The second kappa shape index (κ2) is 12.0. The van der Waals surface area contributed by atoms with Gasteiger partial charge in [0.1, 0.15) is 0 Å². The third kappa shape index (κ3) is 44.5. The van der Waals surface area contributed by atoms with Gasteiger partial charge in [-0.25, -0.2) is 0 Å². The van der Waals surface area contributed by atoms with Gasteiger partial charge in [-0.2, -0.15) is 0 Å². The average molecular weight is 261 g/mol. The lowest BCUT2D eigenvalue weighted by atomic mass is 9.86. The van der Waals surface area contributed by atoms with Crippen LogP contribution in [-0.4, -0.2) is 11.7 Å². The molecule has 1 nitrogen and oxygen atoms in total. The fourth-order valence-corrected chi connectivity index (χ4v) is 0.854. The first-order valence-electron chi connectivity index (χ1n) is 7.50. The van der Waals surface area contributed by atoms with E-state index in [4.69, 9.17) is 5.11 Å². The van der Waals surface area contributed by atoms with E-state index in [1.54, 1.807) is 0 Å². The van der Waals surface area contributed by atoms with Gasteiger partial charge in [0, 0.05) is 6.61 Å². The van der Waals surface area contributed by atoms with E-state index in [9.17, 15) is 0 Å². The van der Waals surface area contributed by atoms with Crippen molar-refractivity contribution in [2.75, 3.05) is 6.61 Å². The molecule has 0 aromatic heterocycles. The summed E-state index contributed by atoms with van der Waals surface area (Å²) in [5, 5.41) is 8.14. The van der Waals surface area contributed by atoms with Crippen LogP contribution in [0.15, 0.2) is 0 Å². The molecule has 0 aliphatic heterocycles. The zero-order valence-corrected chi connectivity index (χ0v) is 14.9. The smallest absolute Gasteiger partial charge is 0.0453 e. The van der Waals surface area contributed by atoms with Crippen LogP contribution in [0.5, 0.6) is 0 Å². The molecule has 0 saturated heterocycles. The maximum atomic E-state index is 8.14. The molecule has 1 heteroatoms. The molecular weight excluding hydrogens is 220 g/mol. The molecule has 0 rings (SSSR count). The number of aliphatic hydroxyl groups is 1. The van der Waals surface area contributed by atoms with E-state index >= 15 is 0 Å². The van der Waals surface area contributed by atoms with Crippen molar-refractivity contribution < 1.29 is 5.11 Å². The Balaban J connectivity index is -0.000000197. The minimum Gasteiger partial charge on any atom is -0.396 e. The molecule has 0 aliphatic rings. The molecule has 0 amide bonds. The summed E-state index contributed by atoms with van der Waals surface area (Å²) in [4.78, 5) is 0. The third-order valence-corrected chi connectivity index (χ3v) is 2.25. The lowest BCUT2D eigenvalue weighted by molar-refractivity contribution is 0.248. The van der Waals surface area contributed by atoms with Gasteiger partial charge in [0.05, 0.1) is 0 Å². The van der Waals surface area contributed by atoms with Crippen LogP contribution in [-0.2, 0) is 0 Å². The van der Waals surface area contributed by atoms with Crippen LogP contribution in [0.4, 0.5) is 0 Å². The lowest BCUT2D eigenvalue weighted by Gasteiger charge is -2.20. The van der Waals surface area contributed by atoms with Crippen molar-refractivity contribution in [3.63, 3.8) is 0 Å². The van der Waals surface area contributed by atoms with E-state index in [0.29, 0.717) is 23.4 Å². The Kier molecular flexibility index (Phi) is 15.4. The summed E-state index contributed by atoms with van der Waals surface area (Å²) in [7, 11) is 0. The quantitative estimate of drug-likeness (QED) is 0.666. The van der Waals surface area contributed by atoms with Crippen LogP contribution in [0.25, 0.3) is 0 Å². The minimum absolute atomic E-state index is 0.306. The Labute approximate surface area is 117 Å². The third-order valence-electron chi connectivity index (χ3n) is 2.25. The van der Waals surface area contributed by atoms with Crippen LogP contribution in [0.1, 0.15) is 88.5 Å². The van der Waals surface area contributed by atoms with E-state index < -0.39 is 0 Å². The zero-order chi connectivity index (χ0) is 15.4. The van der Waals surface area contributed by atoms with Crippen molar-refractivity contribution in [2.24, 2.45) is 16.7 Å². The second-order valence-electron chi connectivity index (χ2n) is 7.84. The van der Waals surface area contributed by atoms with Crippen LogP contribution >= 0.6 is 0 Å². The Morgan fingerprint density at radius 1 is 0.889 bits per heavy atom. The molecule has 0 heterocycles. The van der Waals surface area contributed by atoms with Crippen molar-refractivity contribution in [3.8, 4) is 0 Å². The van der Waals surface area contributed by atoms with Gasteiger partial charge < -0.3 is 5.11 Å². The van der Waals surface area contributed by atoms with Gasteiger partial charge in [-0.1, -0.05) is 82.1 Å². The fraction of sp³-hybridized carbons (Fsp3) is 1.00. The summed E-state index contributed by atoms with van der Waals surface area (Å²) in [6.07, 6.45) is 3.99. The summed E-state index contributed by atoms with van der Waals surface area (Å²) in [5.74, 6) is 0.440. The molecule has 0 aromatic carbocycles. The minimum atomic E-state index is 0.306. The normalized spacial score (nSPS) is 11.3. The highest BCUT2D eigenvalue weighted by Crippen LogP contribution is 2.25. The first-order chi connectivity index (χ1) is 7.89. The molecule has 18 heavy (non-hydrogen) atoms. The van der Waals surface area contributed by atoms with Crippen molar-refractivity contribution in [2.45, 2.75) is 88.5 Å². The topological polar surface area (TPSA) is 20.2 Å². The van der Waals surface area contributed by atoms with Gasteiger partial charge in [-0.05, 0) is 23.2 Å². The van der Waals surface area contributed by atoms with Gasteiger partial charge in [-0.3, -0.25) is 0 Å². The number of hydrogen-bond acceptors (Lipinski definition) is 1. The van der Waals surface area contributed by atoms with Crippen LogP contribution < -0.4 is 0 Å². The van der Waals surface area contributed by atoms with Gasteiger partial charge in [0.15, 0.2) is 0 Å². The van der Waals surface area contributed by atoms with Crippen LogP contribution in [0, 0.1) is 16.7 Å². The SMILES string of the molecule is CC(C)(C)C.CC(C)CO.CCCC(C)(C)CC. The summed E-state index contributed by atoms with van der Waals surface area (Å²) in [6, 6.07) is 0. The highest BCUT2D eigenvalue weighted by atomic mass is 16.3. The van der Waals surface area contributed by atoms with E-state index in [1.165, 1.54) is 19.3 Å². The summed E-state index contributed by atoms with van der Waals surface area (Å²) >= 11 is 0. The van der Waals surface area contributed by atoms with Crippen molar-refractivity contribution >= 4 is 0 Å². The monoisotopic (exact) mass is 260 g/mol. The number of rotatable bonds is 4. The van der Waals surface area contributed by atoms with Crippen molar-refractivity contribution in [3.05, 3.63) is 0 Å². The Hall–Kier alpha value is -0.0400. The molecule has 114 valence electrons. The molecule has 0 saturated carbocycles. The Morgan fingerprint density at radius 2 is 1.17 bits per heavy atom. The average Bonchev–Trinajstić information content (AvgIpc) is 2.16. The van der Waals surface area contributed by atoms with E-state index in [0.717, 1.165) is 0 Å². The molecular formula is C17H40O.